The van der Waals surface area contributed by atoms with E-state index in [0.29, 0.717) is 5.92 Å². The Kier molecular flexibility index (Phi) is 6.38. The second-order valence-electron chi connectivity index (χ2n) is 2.45. The third-order valence-corrected chi connectivity index (χ3v) is 1.47. The molecule has 1 atom stereocenters. The van der Waals surface area contributed by atoms with Gasteiger partial charge in [-0.15, -0.1) is 5.92 Å². The molecule has 0 aliphatic heterocycles. The summed E-state index contributed by atoms with van der Waals surface area (Å²) in [6.07, 6.45) is 4.36. The van der Waals surface area contributed by atoms with Crippen molar-refractivity contribution in [1.29, 1.82) is 0 Å². The Morgan fingerprint density at radius 2 is 2.10 bits per heavy atom. The SMILES string of the molecule is [CH2]CC(C#CCC)CCC. The molecular formula is C10H17. The van der Waals surface area contributed by atoms with Crippen LogP contribution in [-0.2, 0) is 0 Å². The molecule has 0 heteroatoms. The van der Waals surface area contributed by atoms with Crippen molar-refractivity contribution >= 4 is 0 Å². The fourth-order valence-corrected chi connectivity index (χ4v) is 0.884. The Balaban J connectivity index is 3.59. The molecule has 0 bridgehead atoms. The lowest BCUT2D eigenvalue weighted by Gasteiger charge is -2.02. The summed E-state index contributed by atoms with van der Waals surface area (Å²) in [6, 6.07) is 0. The van der Waals surface area contributed by atoms with Gasteiger partial charge in [-0.05, 0) is 12.8 Å². The molecule has 0 saturated heterocycles. The van der Waals surface area contributed by atoms with Gasteiger partial charge in [0, 0.05) is 12.3 Å². The van der Waals surface area contributed by atoms with Gasteiger partial charge in [0.15, 0.2) is 0 Å². The van der Waals surface area contributed by atoms with Gasteiger partial charge >= 0.3 is 0 Å². The Morgan fingerprint density at radius 3 is 2.50 bits per heavy atom. The van der Waals surface area contributed by atoms with E-state index < -0.39 is 0 Å². The summed E-state index contributed by atoms with van der Waals surface area (Å²) in [5.74, 6) is 6.85. The van der Waals surface area contributed by atoms with E-state index in [1.165, 1.54) is 12.8 Å². The van der Waals surface area contributed by atoms with Gasteiger partial charge in [0.1, 0.15) is 0 Å². The minimum atomic E-state index is 0.546. The van der Waals surface area contributed by atoms with Crippen LogP contribution in [0.25, 0.3) is 0 Å². The van der Waals surface area contributed by atoms with Crippen LogP contribution in [-0.4, -0.2) is 0 Å². The first-order valence-corrected chi connectivity index (χ1v) is 4.12. The number of hydrogen-bond donors (Lipinski definition) is 0. The second kappa shape index (κ2) is 6.68. The first-order valence-electron chi connectivity index (χ1n) is 4.12. The fourth-order valence-electron chi connectivity index (χ4n) is 0.884. The highest BCUT2D eigenvalue weighted by molar-refractivity contribution is 5.02. The summed E-state index contributed by atoms with van der Waals surface area (Å²) in [4.78, 5) is 0. The third-order valence-electron chi connectivity index (χ3n) is 1.47. The molecule has 0 rings (SSSR count). The van der Waals surface area contributed by atoms with Crippen molar-refractivity contribution in [2.45, 2.75) is 39.5 Å². The topological polar surface area (TPSA) is 0 Å². The standard InChI is InChI=1S/C10H17/c1-4-7-9-10(6-3)8-5-2/h10H,3-6,8H2,1-2H3. The molecule has 0 heterocycles. The summed E-state index contributed by atoms with van der Waals surface area (Å²) in [5, 5.41) is 0. The summed E-state index contributed by atoms with van der Waals surface area (Å²) in [5.41, 5.74) is 0. The van der Waals surface area contributed by atoms with Crippen molar-refractivity contribution in [3.63, 3.8) is 0 Å². The van der Waals surface area contributed by atoms with E-state index in [9.17, 15) is 0 Å². The zero-order valence-corrected chi connectivity index (χ0v) is 7.11. The fraction of sp³-hybridized carbons (Fsp3) is 0.700. The van der Waals surface area contributed by atoms with Gasteiger partial charge in [0.05, 0.1) is 0 Å². The molecule has 1 unspecified atom stereocenters. The summed E-state index contributed by atoms with van der Waals surface area (Å²) in [6.45, 7) is 8.13. The minimum absolute atomic E-state index is 0.546. The maximum absolute atomic E-state index is 3.86. The van der Waals surface area contributed by atoms with E-state index in [1.807, 2.05) is 0 Å². The van der Waals surface area contributed by atoms with Crippen LogP contribution in [0, 0.1) is 24.7 Å². The molecule has 0 aromatic carbocycles. The molecule has 0 aromatic heterocycles. The smallest absolute Gasteiger partial charge is 0.0202 e. The van der Waals surface area contributed by atoms with E-state index in [1.54, 1.807) is 0 Å². The highest BCUT2D eigenvalue weighted by atomic mass is 14.0. The van der Waals surface area contributed by atoms with Gasteiger partial charge in [0.25, 0.3) is 0 Å². The molecule has 0 N–H and O–H groups in total. The van der Waals surface area contributed by atoms with Gasteiger partial charge in [-0.1, -0.05) is 33.1 Å². The average molecular weight is 137 g/mol. The maximum Gasteiger partial charge on any atom is 0.0202 e. The largest absolute Gasteiger partial charge is 0.103 e. The number of rotatable bonds is 3. The Morgan fingerprint density at radius 1 is 1.40 bits per heavy atom. The molecule has 0 aromatic rings. The quantitative estimate of drug-likeness (QED) is 0.524. The van der Waals surface area contributed by atoms with Gasteiger partial charge in [-0.2, -0.15) is 0 Å². The zero-order valence-electron chi connectivity index (χ0n) is 7.11. The summed E-state index contributed by atoms with van der Waals surface area (Å²) >= 11 is 0. The third kappa shape index (κ3) is 4.44. The van der Waals surface area contributed by atoms with E-state index in [4.69, 9.17) is 0 Å². The summed E-state index contributed by atoms with van der Waals surface area (Å²) < 4.78 is 0. The van der Waals surface area contributed by atoms with Crippen molar-refractivity contribution in [3.05, 3.63) is 6.92 Å². The normalized spacial score (nSPS) is 11.9. The highest BCUT2D eigenvalue weighted by Crippen LogP contribution is 2.08. The molecule has 1 radical (unpaired) electrons. The van der Waals surface area contributed by atoms with Crippen LogP contribution in [0.3, 0.4) is 0 Å². The number of hydrogen-bond acceptors (Lipinski definition) is 0. The predicted octanol–water partition coefficient (Wildman–Crippen LogP) is 3.04. The zero-order chi connectivity index (χ0) is 7.82. The molecule has 0 aliphatic rings. The van der Waals surface area contributed by atoms with Crippen LogP contribution in [0.15, 0.2) is 0 Å². The minimum Gasteiger partial charge on any atom is -0.103 e. The van der Waals surface area contributed by atoms with E-state index in [0.717, 1.165) is 12.8 Å². The molecule has 10 heavy (non-hydrogen) atoms. The first kappa shape index (κ1) is 9.56. The van der Waals surface area contributed by atoms with Crippen LogP contribution in [0.1, 0.15) is 39.5 Å². The summed E-state index contributed by atoms with van der Waals surface area (Å²) in [7, 11) is 0. The monoisotopic (exact) mass is 137 g/mol. The molecule has 0 saturated carbocycles. The van der Waals surface area contributed by atoms with E-state index in [2.05, 4.69) is 32.6 Å². The molecule has 57 valence electrons. The van der Waals surface area contributed by atoms with E-state index >= 15 is 0 Å². The lowest BCUT2D eigenvalue weighted by Crippen LogP contribution is -1.93. The Hall–Kier alpha value is -0.440. The van der Waals surface area contributed by atoms with Crippen LogP contribution < -0.4 is 0 Å². The average Bonchev–Trinajstić information content (AvgIpc) is 1.98. The van der Waals surface area contributed by atoms with Gasteiger partial charge in [0.2, 0.25) is 0 Å². The Labute approximate surface area is 65.0 Å². The molecule has 0 aliphatic carbocycles. The van der Waals surface area contributed by atoms with Crippen LogP contribution in [0.5, 0.6) is 0 Å². The lowest BCUT2D eigenvalue weighted by atomic mass is 10.0. The van der Waals surface area contributed by atoms with Gasteiger partial charge in [-0.25, -0.2) is 0 Å². The van der Waals surface area contributed by atoms with Crippen molar-refractivity contribution in [2.24, 2.45) is 5.92 Å². The molecule has 0 fully saturated rings. The molecular weight excluding hydrogens is 120 g/mol. The van der Waals surface area contributed by atoms with Crippen LogP contribution in [0.4, 0.5) is 0 Å². The second-order valence-corrected chi connectivity index (χ2v) is 2.45. The molecule has 0 spiro atoms. The van der Waals surface area contributed by atoms with Crippen molar-refractivity contribution in [1.82, 2.24) is 0 Å². The van der Waals surface area contributed by atoms with E-state index in [-0.39, 0.29) is 0 Å². The van der Waals surface area contributed by atoms with Crippen molar-refractivity contribution in [2.75, 3.05) is 0 Å². The predicted molar refractivity (Wildman–Crippen MR) is 46.4 cm³/mol. The van der Waals surface area contributed by atoms with Gasteiger partial charge in [-0.3, -0.25) is 0 Å². The first-order chi connectivity index (χ1) is 4.85. The lowest BCUT2D eigenvalue weighted by molar-refractivity contribution is 0.605. The Bertz CT molecular complexity index is 114. The highest BCUT2D eigenvalue weighted by Gasteiger charge is 1.97. The van der Waals surface area contributed by atoms with Crippen molar-refractivity contribution < 1.29 is 0 Å². The van der Waals surface area contributed by atoms with Crippen LogP contribution >= 0.6 is 0 Å². The molecule has 0 amide bonds. The van der Waals surface area contributed by atoms with Gasteiger partial charge < -0.3 is 0 Å². The van der Waals surface area contributed by atoms with Crippen LogP contribution in [0.2, 0.25) is 0 Å². The van der Waals surface area contributed by atoms with Crippen molar-refractivity contribution in [3.8, 4) is 11.8 Å². The maximum atomic E-state index is 3.86. The molecule has 0 nitrogen and oxygen atoms in total.